The van der Waals surface area contributed by atoms with E-state index >= 15 is 0 Å². The van der Waals surface area contributed by atoms with Gasteiger partial charge in [-0.05, 0) is 65.2 Å². The number of sulfonamides is 1. The summed E-state index contributed by atoms with van der Waals surface area (Å²) in [5, 5.41) is 5.32. The molecule has 2 heterocycles. The van der Waals surface area contributed by atoms with Gasteiger partial charge in [-0.3, -0.25) is 23.9 Å². The summed E-state index contributed by atoms with van der Waals surface area (Å²) in [6, 6.07) is 13.9. The Hall–Kier alpha value is -5.97. The molecule has 17 heteroatoms. The van der Waals surface area contributed by atoms with E-state index in [4.69, 9.17) is 19.2 Å². The number of methoxy groups -OCH3 is 1. The highest BCUT2D eigenvalue weighted by Gasteiger charge is 2.62. The van der Waals surface area contributed by atoms with Crippen LogP contribution in [0.4, 0.5) is 4.79 Å². The van der Waals surface area contributed by atoms with Gasteiger partial charge >= 0.3 is 6.09 Å². The molecule has 0 spiro atoms. The minimum atomic E-state index is -3.96. The number of carbonyl (C=O) groups excluding carboxylic acids is 5. The van der Waals surface area contributed by atoms with Gasteiger partial charge < -0.3 is 34.6 Å². The number of fused-ring (bicyclic) bond motifs is 1. The standard InChI is InChI=1S/C43H52N6O10S/c1-8-27-23-43(27,40(53)47-60(55,56)30-17-18-30)46-38(51)35-21-29(24-49(35)39(52)34(25-48(10-3)37(50)9-2)45-41(54)59-42(4,5)6)58-36-22-32(26-14-12-11-13-15-26)44-33-20-28(57-7)16-19-31(33)36/h8-9,11-16,19-20,22,27,29-30,34-35H,1-2,10,17-18,21,23-25H2,3-7H3,(H,45,54)(H,46,51)(H,47,53)/t27-,29?,34+,35+,43-/m1/s1. The van der Waals surface area contributed by atoms with Crippen molar-refractivity contribution in [3.63, 3.8) is 0 Å². The van der Waals surface area contributed by atoms with Gasteiger partial charge in [0, 0.05) is 42.0 Å². The third-order valence-electron chi connectivity index (χ3n) is 10.7. The van der Waals surface area contributed by atoms with Crippen LogP contribution in [0.3, 0.4) is 0 Å². The minimum absolute atomic E-state index is 0.0721. The first-order valence-electron chi connectivity index (χ1n) is 19.8. The van der Waals surface area contributed by atoms with E-state index in [-0.39, 0.29) is 32.5 Å². The number of likely N-dealkylation sites (tertiary alicyclic amines) is 1. The second kappa shape index (κ2) is 17.3. The summed E-state index contributed by atoms with van der Waals surface area (Å²) >= 11 is 0. The third-order valence-corrected chi connectivity index (χ3v) is 12.5. The molecule has 0 radical (unpaired) electrons. The molecule has 3 aromatic rings. The summed E-state index contributed by atoms with van der Waals surface area (Å²) in [4.78, 5) is 76.4. The molecule has 320 valence electrons. The monoisotopic (exact) mass is 844 g/mol. The van der Waals surface area contributed by atoms with Crippen molar-refractivity contribution in [1.82, 2.24) is 30.1 Å². The summed E-state index contributed by atoms with van der Waals surface area (Å²) in [6.07, 6.45) is 1.67. The van der Waals surface area contributed by atoms with E-state index in [0.29, 0.717) is 40.9 Å². The van der Waals surface area contributed by atoms with Gasteiger partial charge in [0.1, 0.15) is 40.8 Å². The Morgan fingerprint density at radius 3 is 2.38 bits per heavy atom. The molecule has 5 amide bonds. The van der Waals surface area contributed by atoms with Crippen molar-refractivity contribution in [3.8, 4) is 22.8 Å². The molecule has 1 unspecified atom stereocenters. The Kier molecular flexibility index (Phi) is 12.6. The normalized spacial score (nSPS) is 21.6. The van der Waals surface area contributed by atoms with Gasteiger partial charge in [-0.25, -0.2) is 18.2 Å². The first-order chi connectivity index (χ1) is 28.4. The molecule has 1 aliphatic heterocycles. The second-order valence-corrected chi connectivity index (χ2v) is 18.2. The van der Waals surface area contributed by atoms with E-state index in [1.807, 2.05) is 30.3 Å². The van der Waals surface area contributed by atoms with Crippen LogP contribution < -0.4 is 24.8 Å². The molecule has 2 aliphatic carbocycles. The zero-order chi connectivity index (χ0) is 43.6. The molecular formula is C43H52N6O10S. The summed E-state index contributed by atoms with van der Waals surface area (Å²) in [5.41, 5.74) is -0.595. The second-order valence-electron chi connectivity index (χ2n) is 16.2. The molecule has 3 N–H and O–H groups in total. The van der Waals surface area contributed by atoms with Crippen molar-refractivity contribution in [1.29, 1.82) is 0 Å². The van der Waals surface area contributed by atoms with Gasteiger partial charge in [-0.2, -0.15) is 0 Å². The van der Waals surface area contributed by atoms with Gasteiger partial charge in [0.2, 0.25) is 27.7 Å². The number of nitrogens with zero attached hydrogens (tertiary/aromatic N) is 3. The third kappa shape index (κ3) is 9.73. The van der Waals surface area contributed by atoms with Gasteiger partial charge in [0.05, 0.1) is 36.7 Å². The van der Waals surface area contributed by atoms with Crippen LogP contribution in [-0.4, -0.2) is 114 Å². The number of alkyl carbamates (subject to hydrolysis) is 1. The number of aromatic nitrogens is 1. The number of hydrogen-bond donors (Lipinski definition) is 3. The summed E-state index contributed by atoms with van der Waals surface area (Å²) in [7, 11) is -2.42. The van der Waals surface area contributed by atoms with E-state index in [1.165, 1.54) is 15.9 Å². The molecule has 16 nitrogen and oxygen atoms in total. The molecule has 1 saturated heterocycles. The number of hydrogen-bond acceptors (Lipinski definition) is 11. The van der Waals surface area contributed by atoms with Crippen molar-refractivity contribution in [3.05, 3.63) is 79.9 Å². The van der Waals surface area contributed by atoms with Crippen molar-refractivity contribution < 1.29 is 46.6 Å². The highest BCUT2D eigenvalue weighted by molar-refractivity contribution is 7.91. The number of nitrogens with one attached hydrogen (secondary N) is 3. The van der Waals surface area contributed by atoms with Gasteiger partial charge in [0.15, 0.2) is 0 Å². The molecule has 0 bridgehead atoms. The molecule has 6 rings (SSSR count). The summed E-state index contributed by atoms with van der Waals surface area (Å²) in [6.45, 7) is 13.7. The zero-order valence-corrected chi connectivity index (χ0v) is 35.3. The summed E-state index contributed by atoms with van der Waals surface area (Å²) < 4.78 is 45.4. The number of rotatable bonds is 16. The van der Waals surface area contributed by atoms with Crippen LogP contribution in [0.1, 0.15) is 53.4 Å². The number of benzene rings is 2. The SMILES string of the molecule is C=CC(=O)N(CC)C[C@H](NC(=O)OC(C)(C)C)C(=O)N1CC(Oc2cc(-c3ccccc3)nc3cc(OC)ccc23)C[C@H]1C(=O)N[C@]1(C(=O)NS(=O)(=O)C2CC2)C[C@H]1C=C. The fourth-order valence-corrected chi connectivity index (χ4v) is 8.65. The molecule has 3 fully saturated rings. The topological polar surface area (TPSA) is 203 Å². The van der Waals surface area contributed by atoms with Crippen LogP contribution in [0.5, 0.6) is 11.5 Å². The maximum atomic E-state index is 14.8. The fraction of sp³-hybridized carbons (Fsp3) is 0.442. The molecule has 3 aliphatic rings. The average molecular weight is 845 g/mol. The lowest BCUT2D eigenvalue weighted by atomic mass is 10.1. The van der Waals surface area contributed by atoms with Crippen LogP contribution in [0.15, 0.2) is 79.9 Å². The molecule has 5 atom stereocenters. The Morgan fingerprint density at radius 2 is 1.78 bits per heavy atom. The number of amides is 5. The first-order valence-corrected chi connectivity index (χ1v) is 21.4. The molecular weight excluding hydrogens is 793 g/mol. The zero-order valence-electron chi connectivity index (χ0n) is 34.4. The fourth-order valence-electron chi connectivity index (χ4n) is 7.29. The van der Waals surface area contributed by atoms with E-state index in [0.717, 1.165) is 11.6 Å². The predicted octanol–water partition coefficient (Wildman–Crippen LogP) is 3.86. The lowest BCUT2D eigenvalue weighted by Gasteiger charge is -2.32. The van der Waals surface area contributed by atoms with Crippen LogP contribution in [0.2, 0.25) is 0 Å². The summed E-state index contributed by atoms with van der Waals surface area (Å²) in [5.74, 6) is -2.48. The first kappa shape index (κ1) is 43.6. The average Bonchev–Trinajstić information content (AvgIpc) is 4.15. The van der Waals surface area contributed by atoms with Crippen molar-refractivity contribution in [2.45, 2.75) is 88.0 Å². The predicted molar refractivity (Wildman–Crippen MR) is 223 cm³/mol. The molecule has 60 heavy (non-hydrogen) atoms. The largest absolute Gasteiger partial charge is 0.497 e. The highest BCUT2D eigenvalue weighted by Crippen LogP contribution is 2.45. The highest BCUT2D eigenvalue weighted by atomic mass is 32.2. The number of carbonyl (C=O) groups is 5. The van der Waals surface area contributed by atoms with Crippen LogP contribution in [0, 0.1) is 5.92 Å². The number of ether oxygens (including phenoxy) is 3. The Bertz CT molecular complexity index is 2290. The Morgan fingerprint density at radius 1 is 1.07 bits per heavy atom. The molecule has 2 saturated carbocycles. The van der Waals surface area contributed by atoms with Crippen LogP contribution in [0.25, 0.3) is 22.2 Å². The van der Waals surface area contributed by atoms with Crippen molar-refractivity contribution >= 4 is 50.6 Å². The van der Waals surface area contributed by atoms with E-state index in [1.54, 1.807) is 59.1 Å². The Labute approximate surface area is 349 Å². The van der Waals surface area contributed by atoms with Crippen LogP contribution >= 0.6 is 0 Å². The lowest BCUT2D eigenvalue weighted by molar-refractivity contribution is -0.142. The lowest BCUT2D eigenvalue weighted by Crippen LogP contribution is -2.60. The molecule has 1 aromatic heterocycles. The van der Waals surface area contributed by atoms with E-state index in [9.17, 15) is 32.4 Å². The minimum Gasteiger partial charge on any atom is -0.497 e. The Balaban J connectivity index is 1.37. The van der Waals surface area contributed by atoms with E-state index < -0.39 is 80.2 Å². The van der Waals surface area contributed by atoms with Gasteiger partial charge in [-0.1, -0.05) is 43.0 Å². The molecule has 2 aromatic carbocycles. The maximum absolute atomic E-state index is 14.8. The van der Waals surface area contributed by atoms with Crippen molar-refractivity contribution in [2.24, 2.45) is 5.92 Å². The number of likely N-dealkylation sites (N-methyl/N-ethyl adjacent to an activating group) is 1. The van der Waals surface area contributed by atoms with Crippen LogP contribution in [-0.2, 0) is 33.9 Å². The van der Waals surface area contributed by atoms with E-state index in [2.05, 4.69) is 28.5 Å². The smallest absolute Gasteiger partial charge is 0.408 e. The number of pyridine rings is 1. The van der Waals surface area contributed by atoms with Gasteiger partial charge in [-0.15, -0.1) is 6.58 Å². The van der Waals surface area contributed by atoms with Crippen molar-refractivity contribution in [2.75, 3.05) is 26.7 Å². The maximum Gasteiger partial charge on any atom is 0.408 e. The van der Waals surface area contributed by atoms with Gasteiger partial charge in [0.25, 0.3) is 5.91 Å². The quantitative estimate of drug-likeness (QED) is 0.140.